The van der Waals surface area contributed by atoms with Crippen LogP contribution < -0.4 is 11.1 Å². The Bertz CT molecular complexity index is 1260. The van der Waals surface area contributed by atoms with E-state index in [4.69, 9.17) is 4.42 Å². The monoisotopic (exact) mass is 394 g/mol. The largest absolute Gasteiger partial charge is 0.420 e. The fourth-order valence-electron chi connectivity index (χ4n) is 2.92. The van der Waals surface area contributed by atoms with Gasteiger partial charge in [0.25, 0.3) is 5.69 Å². The molecule has 29 heavy (non-hydrogen) atoms. The summed E-state index contributed by atoms with van der Waals surface area (Å²) in [5.41, 5.74) is 1.52. The SMILES string of the molecule is O=C(Cn1c(=O)oc2cc([N+](=O)[O-])ccc21)Nc1ccccc1Cn1cncn1. The maximum absolute atomic E-state index is 12.6. The Morgan fingerprint density at radius 3 is 2.83 bits per heavy atom. The molecule has 0 saturated heterocycles. The first-order valence-corrected chi connectivity index (χ1v) is 8.49. The molecule has 0 aliphatic rings. The number of nitro benzene ring substituents is 1. The number of anilines is 1. The minimum atomic E-state index is -0.772. The second-order valence-corrected chi connectivity index (χ2v) is 6.16. The number of hydrogen-bond acceptors (Lipinski definition) is 7. The van der Waals surface area contributed by atoms with Gasteiger partial charge in [-0.05, 0) is 17.7 Å². The summed E-state index contributed by atoms with van der Waals surface area (Å²) in [5, 5.41) is 17.7. The number of fused-ring (bicyclic) bond motifs is 1. The normalized spacial score (nSPS) is 10.9. The Morgan fingerprint density at radius 2 is 2.07 bits per heavy atom. The van der Waals surface area contributed by atoms with Crippen LogP contribution in [0.25, 0.3) is 11.1 Å². The molecule has 0 fully saturated rings. The fraction of sp³-hybridized carbons (Fsp3) is 0.111. The van der Waals surface area contributed by atoms with Gasteiger partial charge in [-0.2, -0.15) is 5.10 Å². The molecular weight excluding hydrogens is 380 g/mol. The van der Waals surface area contributed by atoms with Gasteiger partial charge in [0.05, 0.1) is 23.1 Å². The number of rotatable bonds is 6. The van der Waals surface area contributed by atoms with Crippen LogP contribution in [0.4, 0.5) is 11.4 Å². The second-order valence-electron chi connectivity index (χ2n) is 6.16. The summed E-state index contributed by atoms with van der Waals surface area (Å²) in [6.07, 6.45) is 2.98. The molecule has 0 spiro atoms. The third kappa shape index (κ3) is 3.74. The molecule has 1 amide bonds. The molecule has 2 aromatic heterocycles. The summed E-state index contributed by atoms with van der Waals surface area (Å²) in [5.74, 6) is -1.22. The molecule has 11 heteroatoms. The average molecular weight is 394 g/mol. The first-order chi connectivity index (χ1) is 14.0. The Morgan fingerprint density at radius 1 is 1.24 bits per heavy atom. The maximum Gasteiger partial charge on any atom is 0.420 e. The van der Waals surface area contributed by atoms with Gasteiger partial charge in [0, 0.05) is 11.8 Å². The minimum Gasteiger partial charge on any atom is -0.407 e. The van der Waals surface area contributed by atoms with Gasteiger partial charge in [-0.25, -0.2) is 14.5 Å². The number of nitrogens with zero attached hydrogens (tertiary/aromatic N) is 5. The van der Waals surface area contributed by atoms with E-state index >= 15 is 0 Å². The molecule has 11 nitrogen and oxygen atoms in total. The number of nitro groups is 1. The molecule has 1 N–H and O–H groups in total. The molecule has 0 bridgehead atoms. The van der Waals surface area contributed by atoms with E-state index in [1.165, 1.54) is 18.5 Å². The minimum absolute atomic E-state index is 0.0450. The van der Waals surface area contributed by atoms with Crippen molar-refractivity contribution in [3.8, 4) is 0 Å². The molecule has 0 saturated carbocycles. The zero-order chi connectivity index (χ0) is 20.4. The lowest BCUT2D eigenvalue weighted by Gasteiger charge is -2.11. The Balaban J connectivity index is 1.56. The van der Waals surface area contributed by atoms with Crippen LogP contribution in [0.1, 0.15) is 5.56 Å². The van der Waals surface area contributed by atoms with E-state index < -0.39 is 16.6 Å². The standard InChI is InChI=1S/C18H14N6O5/c25-17(21-14-4-2-1-3-12(14)8-22-11-19-10-20-22)9-23-15-6-5-13(24(27)28)7-16(15)29-18(23)26/h1-7,10-11H,8-9H2,(H,21,25). The van der Waals surface area contributed by atoms with Gasteiger partial charge in [0.2, 0.25) is 5.91 Å². The first kappa shape index (κ1) is 18.1. The number of non-ortho nitro benzene ring substituents is 1. The van der Waals surface area contributed by atoms with Crippen LogP contribution in [0.3, 0.4) is 0 Å². The van der Waals surface area contributed by atoms with Crippen molar-refractivity contribution >= 4 is 28.4 Å². The second kappa shape index (κ2) is 7.38. The quantitative estimate of drug-likeness (QED) is 0.388. The van der Waals surface area contributed by atoms with Crippen LogP contribution >= 0.6 is 0 Å². The molecule has 4 rings (SSSR count). The third-order valence-corrected chi connectivity index (χ3v) is 4.25. The Labute approximate surface area is 162 Å². The highest BCUT2D eigenvalue weighted by Crippen LogP contribution is 2.20. The Hall–Kier alpha value is -4.28. The summed E-state index contributed by atoms with van der Waals surface area (Å²) in [4.78, 5) is 38.8. The van der Waals surface area contributed by atoms with Gasteiger partial charge in [0.15, 0.2) is 5.58 Å². The molecule has 2 aromatic carbocycles. The van der Waals surface area contributed by atoms with E-state index in [0.717, 1.165) is 16.2 Å². The van der Waals surface area contributed by atoms with Crippen LogP contribution in [0.5, 0.6) is 0 Å². The molecule has 0 aliphatic heterocycles. The van der Waals surface area contributed by atoms with E-state index in [1.807, 2.05) is 12.1 Å². The highest BCUT2D eigenvalue weighted by atomic mass is 16.6. The van der Waals surface area contributed by atoms with Crippen molar-refractivity contribution in [2.75, 3.05) is 5.32 Å². The number of carbonyl (C=O) groups is 1. The number of hydrogen-bond donors (Lipinski definition) is 1. The van der Waals surface area contributed by atoms with Crippen molar-refractivity contribution in [3.63, 3.8) is 0 Å². The highest BCUT2D eigenvalue weighted by Gasteiger charge is 2.17. The first-order valence-electron chi connectivity index (χ1n) is 8.49. The summed E-state index contributed by atoms with van der Waals surface area (Å²) in [6.45, 7) is 0.107. The van der Waals surface area contributed by atoms with Crippen LogP contribution in [-0.2, 0) is 17.9 Å². The number of oxazole rings is 1. The molecule has 2 heterocycles. The molecular formula is C18H14N6O5. The van der Waals surface area contributed by atoms with Crippen molar-refractivity contribution in [2.45, 2.75) is 13.1 Å². The van der Waals surface area contributed by atoms with Crippen molar-refractivity contribution in [3.05, 3.63) is 81.3 Å². The summed E-state index contributed by atoms with van der Waals surface area (Å²) >= 11 is 0. The summed E-state index contributed by atoms with van der Waals surface area (Å²) in [7, 11) is 0. The third-order valence-electron chi connectivity index (χ3n) is 4.25. The van der Waals surface area contributed by atoms with E-state index in [1.54, 1.807) is 23.1 Å². The van der Waals surface area contributed by atoms with E-state index in [-0.39, 0.29) is 17.8 Å². The summed E-state index contributed by atoms with van der Waals surface area (Å²) < 4.78 is 7.78. The van der Waals surface area contributed by atoms with E-state index in [2.05, 4.69) is 15.4 Å². The zero-order valence-corrected chi connectivity index (χ0v) is 14.9. The average Bonchev–Trinajstić information content (AvgIpc) is 3.31. The van der Waals surface area contributed by atoms with Crippen LogP contribution in [-0.4, -0.2) is 30.2 Å². The molecule has 0 aliphatic carbocycles. The number of nitrogens with one attached hydrogen (secondary N) is 1. The van der Waals surface area contributed by atoms with Gasteiger partial charge in [-0.1, -0.05) is 18.2 Å². The van der Waals surface area contributed by atoms with Gasteiger partial charge in [-0.15, -0.1) is 0 Å². The smallest absolute Gasteiger partial charge is 0.407 e. The van der Waals surface area contributed by atoms with E-state index in [0.29, 0.717) is 17.7 Å². The lowest BCUT2D eigenvalue weighted by Crippen LogP contribution is -2.25. The number of aromatic nitrogens is 4. The molecule has 4 aromatic rings. The van der Waals surface area contributed by atoms with E-state index in [9.17, 15) is 19.7 Å². The molecule has 0 atom stereocenters. The fourth-order valence-corrected chi connectivity index (χ4v) is 2.92. The topological polar surface area (TPSA) is 138 Å². The number of para-hydroxylation sites is 1. The number of benzene rings is 2. The maximum atomic E-state index is 12.6. The Kier molecular flexibility index (Phi) is 4.61. The van der Waals surface area contributed by atoms with Crippen molar-refractivity contribution in [1.82, 2.24) is 19.3 Å². The number of carbonyl (C=O) groups excluding carboxylic acids is 1. The van der Waals surface area contributed by atoms with Gasteiger partial charge in [-0.3, -0.25) is 19.5 Å². The van der Waals surface area contributed by atoms with Crippen molar-refractivity contribution in [1.29, 1.82) is 0 Å². The van der Waals surface area contributed by atoms with Crippen LogP contribution in [0, 0.1) is 10.1 Å². The van der Waals surface area contributed by atoms with Gasteiger partial charge < -0.3 is 9.73 Å². The zero-order valence-electron chi connectivity index (χ0n) is 14.9. The number of amides is 1. The van der Waals surface area contributed by atoms with Crippen LogP contribution in [0.15, 0.2) is 64.3 Å². The summed E-state index contributed by atoms with van der Waals surface area (Å²) in [6, 6.07) is 11.0. The molecule has 0 unspecified atom stereocenters. The predicted molar refractivity (Wildman–Crippen MR) is 101 cm³/mol. The van der Waals surface area contributed by atoms with Gasteiger partial charge in [0.1, 0.15) is 19.2 Å². The van der Waals surface area contributed by atoms with Crippen LogP contribution in [0.2, 0.25) is 0 Å². The molecule has 0 radical (unpaired) electrons. The predicted octanol–water partition coefficient (Wildman–Crippen LogP) is 1.78. The lowest BCUT2D eigenvalue weighted by molar-refractivity contribution is -0.384. The van der Waals surface area contributed by atoms with Crippen molar-refractivity contribution < 1.29 is 14.1 Å². The molecule has 146 valence electrons. The van der Waals surface area contributed by atoms with Gasteiger partial charge >= 0.3 is 5.76 Å². The lowest BCUT2D eigenvalue weighted by atomic mass is 10.1. The highest BCUT2D eigenvalue weighted by molar-refractivity contribution is 5.92. The van der Waals surface area contributed by atoms with Crippen molar-refractivity contribution in [2.24, 2.45) is 0 Å².